The lowest BCUT2D eigenvalue weighted by Gasteiger charge is -2.57. The molecule has 148 valence electrons. The zero-order chi connectivity index (χ0) is 19.4. The van der Waals surface area contributed by atoms with Crippen molar-refractivity contribution >= 4 is 11.9 Å². The van der Waals surface area contributed by atoms with E-state index in [1.807, 2.05) is 13.0 Å². The first kappa shape index (κ1) is 18.8. The molecule has 0 radical (unpaired) electrons. The van der Waals surface area contributed by atoms with Gasteiger partial charge in [-0.15, -0.1) is 0 Å². The summed E-state index contributed by atoms with van der Waals surface area (Å²) < 4.78 is 10.8. The molecule has 4 aliphatic rings. The van der Waals surface area contributed by atoms with Gasteiger partial charge in [0.05, 0.1) is 6.61 Å². The summed E-state index contributed by atoms with van der Waals surface area (Å²) in [6.07, 6.45) is 8.59. The minimum absolute atomic E-state index is 0.0323. The molecule has 0 heterocycles. The van der Waals surface area contributed by atoms with Crippen molar-refractivity contribution in [1.82, 2.24) is 0 Å². The summed E-state index contributed by atoms with van der Waals surface area (Å²) in [5, 5.41) is 0. The fourth-order valence-electron chi connectivity index (χ4n) is 7.01. The molecule has 4 aliphatic carbocycles. The van der Waals surface area contributed by atoms with E-state index >= 15 is 0 Å². The molecule has 0 bridgehead atoms. The molecule has 0 amide bonds. The molecule has 4 heteroatoms. The average Bonchev–Trinajstić information content (AvgIpc) is 2.93. The number of ketones is 1. The van der Waals surface area contributed by atoms with Crippen molar-refractivity contribution in [2.45, 2.75) is 71.8 Å². The van der Waals surface area contributed by atoms with Crippen LogP contribution in [-0.2, 0) is 14.3 Å². The molecule has 6 atom stereocenters. The zero-order valence-electron chi connectivity index (χ0n) is 16.9. The Morgan fingerprint density at radius 3 is 2.74 bits per heavy atom. The second kappa shape index (κ2) is 6.49. The maximum atomic E-state index is 12.1. The van der Waals surface area contributed by atoms with Gasteiger partial charge in [-0.3, -0.25) is 4.79 Å². The van der Waals surface area contributed by atoms with Gasteiger partial charge in [0.2, 0.25) is 0 Å². The Labute approximate surface area is 162 Å². The first-order valence-corrected chi connectivity index (χ1v) is 10.6. The van der Waals surface area contributed by atoms with Gasteiger partial charge in [0.1, 0.15) is 6.10 Å². The molecular formula is C23H32O4. The summed E-state index contributed by atoms with van der Waals surface area (Å²) in [7, 11) is 0. The van der Waals surface area contributed by atoms with Crippen LogP contribution in [0.15, 0.2) is 23.8 Å². The van der Waals surface area contributed by atoms with Crippen molar-refractivity contribution in [2.75, 3.05) is 6.61 Å². The topological polar surface area (TPSA) is 52.6 Å². The first-order chi connectivity index (χ1) is 12.8. The molecule has 0 aromatic heterocycles. The molecule has 0 N–H and O–H groups in total. The van der Waals surface area contributed by atoms with Crippen LogP contribution in [0.5, 0.6) is 0 Å². The van der Waals surface area contributed by atoms with Gasteiger partial charge in [0.15, 0.2) is 5.78 Å². The van der Waals surface area contributed by atoms with E-state index in [2.05, 4.69) is 20.4 Å². The lowest BCUT2D eigenvalue weighted by atomic mass is 9.47. The number of carbonyl (C=O) groups is 2. The highest BCUT2D eigenvalue weighted by Crippen LogP contribution is 2.65. The predicted molar refractivity (Wildman–Crippen MR) is 103 cm³/mol. The number of ether oxygens (including phenoxy) is 2. The van der Waals surface area contributed by atoms with Crippen molar-refractivity contribution in [3.63, 3.8) is 0 Å². The van der Waals surface area contributed by atoms with Gasteiger partial charge in [-0.1, -0.05) is 26.0 Å². The molecule has 27 heavy (non-hydrogen) atoms. The minimum atomic E-state index is -0.519. The van der Waals surface area contributed by atoms with Gasteiger partial charge in [-0.05, 0) is 86.7 Å². The van der Waals surface area contributed by atoms with E-state index in [-0.39, 0.29) is 22.7 Å². The summed E-state index contributed by atoms with van der Waals surface area (Å²) in [6.45, 7) is 10.9. The quantitative estimate of drug-likeness (QED) is 0.492. The molecule has 0 unspecified atom stereocenters. The van der Waals surface area contributed by atoms with E-state index < -0.39 is 6.16 Å². The molecule has 3 saturated carbocycles. The lowest BCUT2D eigenvalue weighted by molar-refractivity contribution is -0.113. The van der Waals surface area contributed by atoms with Crippen molar-refractivity contribution in [3.8, 4) is 0 Å². The largest absolute Gasteiger partial charge is 0.508 e. The molecule has 4 nitrogen and oxygen atoms in total. The number of rotatable bonds is 2. The summed E-state index contributed by atoms with van der Waals surface area (Å²) in [5.74, 6) is 1.95. The van der Waals surface area contributed by atoms with E-state index in [1.165, 1.54) is 5.57 Å². The van der Waals surface area contributed by atoms with Gasteiger partial charge >= 0.3 is 6.16 Å². The summed E-state index contributed by atoms with van der Waals surface area (Å²) in [5.41, 5.74) is 2.25. The normalized spacial score (nSPS) is 43.3. The van der Waals surface area contributed by atoms with Crippen LogP contribution in [0.3, 0.4) is 0 Å². The van der Waals surface area contributed by atoms with Gasteiger partial charge in [-0.2, -0.15) is 0 Å². The molecule has 4 rings (SSSR count). The van der Waals surface area contributed by atoms with Gasteiger partial charge < -0.3 is 9.47 Å². The Balaban J connectivity index is 1.58. The molecule has 0 aromatic rings. The van der Waals surface area contributed by atoms with E-state index in [9.17, 15) is 9.59 Å². The summed E-state index contributed by atoms with van der Waals surface area (Å²) >= 11 is 0. The van der Waals surface area contributed by atoms with E-state index in [1.54, 1.807) is 0 Å². The highest BCUT2D eigenvalue weighted by molar-refractivity contribution is 6.05. The third kappa shape index (κ3) is 2.78. The predicted octanol–water partition coefficient (Wildman–Crippen LogP) is 5.23. The van der Waals surface area contributed by atoms with Crippen molar-refractivity contribution in [3.05, 3.63) is 23.8 Å². The van der Waals surface area contributed by atoms with Gasteiger partial charge in [0, 0.05) is 5.41 Å². The SMILES string of the molecule is C=C1C[C@]2(C)C(=CC1=O)CC[C@@H]1[C@H]3CC[C@@H](OC(=O)OCC)[C@@]3(C)CC[C@H]12. The van der Waals surface area contributed by atoms with Crippen molar-refractivity contribution in [1.29, 1.82) is 0 Å². The fraction of sp³-hybridized carbons (Fsp3) is 0.739. The zero-order valence-corrected chi connectivity index (χ0v) is 16.9. The second-order valence-corrected chi connectivity index (χ2v) is 9.56. The summed E-state index contributed by atoms with van der Waals surface area (Å²) in [6, 6.07) is 0. The first-order valence-electron chi connectivity index (χ1n) is 10.6. The van der Waals surface area contributed by atoms with Crippen LogP contribution in [0.2, 0.25) is 0 Å². The molecule has 0 saturated heterocycles. The highest BCUT2D eigenvalue weighted by atomic mass is 16.7. The number of carbonyl (C=O) groups excluding carboxylic acids is 2. The Morgan fingerprint density at radius 1 is 1.22 bits per heavy atom. The number of fused-ring (bicyclic) bond motifs is 5. The van der Waals surface area contributed by atoms with Gasteiger partial charge in [-0.25, -0.2) is 4.79 Å². The molecular weight excluding hydrogens is 340 g/mol. The minimum Gasteiger partial charge on any atom is -0.435 e. The van der Waals surface area contributed by atoms with Crippen LogP contribution in [-0.4, -0.2) is 24.6 Å². The second-order valence-electron chi connectivity index (χ2n) is 9.56. The van der Waals surface area contributed by atoms with Crippen LogP contribution < -0.4 is 0 Å². The van der Waals surface area contributed by atoms with E-state index in [0.29, 0.717) is 24.4 Å². The smallest absolute Gasteiger partial charge is 0.435 e. The summed E-state index contributed by atoms with van der Waals surface area (Å²) in [4.78, 5) is 24.1. The standard InChI is InChI=1S/C23H32O4/c1-5-26-21(25)27-20-9-8-17-16-7-6-15-12-19(24)14(2)13-23(15,4)18(16)10-11-22(17,20)3/h12,16-18,20H,2,5-11,13H2,1,3-4H3/t16-,17-,18-,20-,22+,23-/m1/s1. The maximum absolute atomic E-state index is 12.1. The Kier molecular flexibility index (Phi) is 4.51. The molecule has 0 spiro atoms. The number of hydrogen-bond donors (Lipinski definition) is 0. The van der Waals surface area contributed by atoms with Crippen LogP contribution in [0, 0.1) is 28.6 Å². The fourth-order valence-corrected chi connectivity index (χ4v) is 7.01. The highest BCUT2D eigenvalue weighted by Gasteiger charge is 2.60. The van der Waals surface area contributed by atoms with Crippen LogP contribution in [0.4, 0.5) is 4.79 Å². The maximum Gasteiger partial charge on any atom is 0.508 e. The molecule has 3 fully saturated rings. The third-order valence-corrected chi connectivity index (χ3v) is 8.38. The third-order valence-electron chi connectivity index (χ3n) is 8.38. The number of allylic oxidation sites excluding steroid dienone is 2. The number of hydrogen-bond acceptors (Lipinski definition) is 4. The van der Waals surface area contributed by atoms with Crippen molar-refractivity contribution in [2.24, 2.45) is 28.6 Å². The average molecular weight is 373 g/mol. The van der Waals surface area contributed by atoms with E-state index in [0.717, 1.165) is 50.5 Å². The van der Waals surface area contributed by atoms with Gasteiger partial charge in [0.25, 0.3) is 0 Å². The molecule has 0 aromatic carbocycles. The van der Waals surface area contributed by atoms with Crippen LogP contribution in [0.1, 0.15) is 65.7 Å². The Hall–Kier alpha value is -1.58. The van der Waals surface area contributed by atoms with Crippen LogP contribution in [0.25, 0.3) is 0 Å². The van der Waals surface area contributed by atoms with Crippen molar-refractivity contribution < 1.29 is 19.1 Å². The monoisotopic (exact) mass is 372 g/mol. The lowest BCUT2D eigenvalue weighted by Crippen LogP contribution is -2.51. The van der Waals surface area contributed by atoms with E-state index in [4.69, 9.17) is 9.47 Å². The molecule has 0 aliphatic heterocycles. The Morgan fingerprint density at radius 2 is 2.00 bits per heavy atom. The Bertz CT molecular complexity index is 707. The van der Waals surface area contributed by atoms with Crippen LogP contribution >= 0.6 is 0 Å².